The SMILES string of the molecule is Cc1ccc(C2=N[C@H](c3ccc(Br)cc3)N3[C@H]2[C@@H]3c2ccccc2)cc1. The van der Waals surface area contributed by atoms with E-state index in [1.165, 1.54) is 28.0 Å². The van der Waals surface area contributed by atoms with Gasteiger partial charge in [-0.15, -0.1) is 0 Å². The molecule has 0 aromatic heterocycles. The van der Waals surface area contributed by atoms with Crippen LogP contribution in [0.4, 0.5) is 0 Å². The van der Waals surface area contributed by atoms with Gasteiger partial charge in [0.15, 0.2) is 0 Å². The lowest BCUT2D eigenvalue weighted by molar-refractivity contribution is 0.404. The summed E-state index contributed by atoms with van der Waals surface area (Å²) in [5.74, 6) is 0. The normalized spacial score (nSPS) is 26.3. The highest BCUT2D eigenvalue weighted by Crippen LogP contribution is 2.55. The van der Waals surface area contributed by atoms with Gasteiger partial charge in [-0.05, 0) is 35.7 Å². The van der Waals surface area contributed by atoms with E-state index in [1.807, 2.05) is 0 Å². The number of rotatable bonds is 3. The zero-order valence-electron chi connectivity index (χ0n) is 14.5. The molecule has 26 heavy (non-hydrogen) atoms. The van der Waals surface area contributed by atoms with Crippen molar-refractivity contribution >= 4 is 21.6 Å². The van der Waals surface area contributed by atoms with E-state index in [0.717, 1.165) is 4.47 Å². The number of aryl methyl sites for hydroxylation is 1. The van der Waals surface area contributed by atoms with Crippen molar-refractivity contribution in [2.75, 3.05) is 0 Å². The van der Waals surface area contributed by atoms with Crippen LogP contribution < -0.4 is 0 Å². The average Bonchev–Trinajstić information content (AvgIpc) is 3.29. The van der Waals surface area contributed by atoms with Gasteiger partial charge in [0.1, 0.15) is 6.17 Å². The lowest BCUT2D eigenvalue weighted by Crippen LogP contribution is -2.08. The molecule has 3 aromatic rings. The Hall–Kier alpha value is -2.23. The third kappa shape index (κ3) is 2.63. The molecule has 3 aromatic carbocycles. The molecular weight excluding hydrogens is 384 g/mol. The maximum Gasteiger partial charge on any atom is 0.129 e. The summed E-state index contributed by atoms with van der Waals surface area (Å²) in [6.45, 7) is 2.13. The molecule has 0 spiro atoms. The maximum absolute atomic E-state index is 5.12. The average molecular weight is 403 g/mol. The van der Waals surface area contributed by atoms with Crippen LogP contribution in [0.25, 0.3) is 0 Å². The molecule has 0 aliphatic carbocycles. The van der Waals surface area contributed by atoms with Crippen molar-refractivity contribution in [3.05, 3.63) is 106 Å². The van der Waals surface area contributed by atoms with Crippen molar-refractivity contribution in [3.63, 3.8) is 0 Å². The number of benzene rings is 3. The van der Waals surface area contributed by atoms with E-state index in [-0.39, 0.29) is 6.17 Å². The highest BCUT2D eigenvalue weighted by molar-refractivity contribution is 9.10. The Bertz CT molecular complexity index is 961. The minimum absolute atomic E-state index is 0.0922. The van der Waals surface area contributed by atoms with Crippen LogP contribution in [0.3, 0.4) is 0 Å². The smallest absolute Gasteiger partial charge is 0.129 e. The number of hydrogen-bond donors (Lipinski definition) is 0. The van der Waals surface area contributed by atoms with Gasteiger partial charge >= 0.3 is 0 Å². The van der Waals surface area contributed by atoms with Gasteiger partial charge in [-0.1, -0.05) is 88.2 Å². The van der Waals surface area contributed by atoms with Crippen LogP contribution in [0.2, 0.25) is 0 Å². The molecule has 2 aliphatic heterocycles. The first-order valence-electron chi connectivity index (χ1n) is 8.95. The molecule has 1 unspecified atom stereocenters. The van der Waals surface area contributed by atoms with Gasteiger partial charge < -0.3 is 0 Å². The topological polar surface area (TPSA) is 15.4 Å². The van der Waals surface area contributed by atoms with Crippen LogP contribution in [-0.4, -0.2) is 16.7 Å². The summed E-state index contributed by atoms with van der Waals surface area (Å²) >= 11 is 3.53. The molecule has 2 nitrogen and oxygen atoms in total. The Morgan fingerprint density at radius 2 is 1.46 bits per heavy atom. The van der Waals surface area contributed by atoms with Crippen molar-refractivity contribution in [2.24, 2.45) is 4.99 Å². The fraction of sp³-hybridized carbons (Fsp3) is 0.174. The number of halogens is 1. The van der Waals surface area contributed by atoms with E-state index in [2.05, 4.69) is 107 Å². The van der Waals surface area contributed by atoms with Gasteiger partial charge in [-0.25, -0.2) is 0 Å². The molecule has 0 saturated carbocycles. The summed E-state index contributed by atoms with van der Waals surface area (Å²) < 4.78 is 1.10. The van der Waals surface area contributed by atoms with E-state index in [1.54, 1.807) is 0 Å². The Morgan fingerprint density at radius 3 is 2.15 bits per heavy atom. The summed E-state index contributed by atoms with van der Waals surface area (Å²) in [5.41, 5.74) is 6.36. The molecule has 4 atom stereocenters. The van der Waals surface area contributed by atoms with Crippen LogP contribution in [0, 0.1) is 6.92 Å². The Balaban J connectivity index is 1.56. The number of aliphatic imine (C=N–C) groups is 1. The van der Waals surface area contributed by atoms with Gasteiger partial charge in [0, 0.05) is 4.47 Å². The number of fused-ring (bicyclic) bond motifs is 1. The predicted octanol–water partition coefficient (Wildman–Crippen LogP) is 5.68. The molecule has 2 heterocycles. The number of nitrogens with zero attached hydrogens (tertiary/aromatic N) is 2. The Morgan fingerprint density at radius 1 is 0.769 bits per heavy atom. The Kier molecular flexibility index (Phi) is 3.80. The molecule has 0 radical (unpaired) electrons. The zero-order chi connectivity index (χ0) is 17.7. The van der Waals surface area contributed by atoms with Gasteiger partial charge in [0.25, 0.3) is 0 Å². The monoisotopic (exact) mass is 402 g/mol. The first kappa shape index (κ1) is 16.0. The first-order valence-corrected chi connectivity index (χ1v) is 9.74. The molecule has 1 fully saturated rings. The van der Waals surface area contributed by atoms with E-state index in [4.69, 9.17) is 4.99 Å². The van der Waals surface area contributed by atoms with Crippen LogP contribution in [0.1, 0.15) is 34.5 Å². The summed E-state index contributed by atoms with van der Waals surface area (Å²) in [7, 11) is 0. The van der Waals surface area contributed by atoms with Gasteiger partial charge in [-0.3, -0.25) is 9.89 Å². The van der Waals surface area contributed by atoms with Gasteiger partial charge in [-0.2, -0.15) is 0 Å². The lowest BCUT2D eigenvalue weighted by atomic mass is 10.0. The maximum atomic E-state index is 5.12. The van der Waals surface area contributed by atoms with E-state index >= 15 is 0 Å². The quantitative estimate of drug-likeness (QED) is 0.514. The molecule has 128 valence electrons. The summed E-state index contributed by atoms with van der Waals surface area (Å²) in [6, 6.07) is 28.9. The molecule has 3 heteroatoms. The minimum Gasteiger partial charge on any atom is -0.263 e. The highest BCUT2D eigenvalue weighted by Gasteiger charge is 2.59. The third-order valence-electron chi connectivity index (χ3n) is 5.33. The molecule has 0 N–H and O–H groups in total. The standard InChI is InChI=1S/C23H19BrN2/c1-15-7-9-16(10-8-15)20-22-21(17-5-3-2-4-6-17)26(22)23(25-20)18-11-13-19(24)14-12-18/h2-14,21-23H,1H3/t21-,22+,23-,26?/m0/s1. The Labute approximate surface area is 162 Å². The first-order chi connectivity index (χ1) is 12.7. The second-order valence-corrected chi connectivity index (χ2v) is 7.97. The lowest BCUT2D eigenvalue weighted by Gasteiger charge is -2.14. The molecule has 2 aliphatic rings. The van der Waals surface area contributed by atoms with Crippen molar-refractivity contribution in [2.45, 2.75) is 25.2 Å². The zero-order valence-corrected chi connectivity index (χ0v) is 16.1. The fourth-order valence-corrected chi connectivity index (χ4v) is 4.24. The second-order valence-electron chi connectivity index (χ2n) is 7.05. The van der Waals surface area contributed by atoms with Crippen LogP contribution in [-0.2, 0) is 0 Å². The van der Waals surface area contributed by atoms with Crippen LogP contribution >= 0.6 is 15.9 Å². The van der Waals surface area contributed by atoms with Crippen LogP contribution in [0.5, 0.6) is 0 Å². The molecule has 0 amide bonds. The largest absolute Gasteiger partial charge is 0.263 e. The van der Waals surface area contributed by atoms with Crippen molar-refractivity contribution in [3.8, 4) is 0 Å². The van der Waals surface area contributed by atoms with Crippen molar-refractivity contribution in [1.29, 1.82) is 0 Å². The van der Waals surface area contributed by atoms with Crippen LogP contribution in [0.15, 0.2) is 88.3 Å². The van der Waals surface area contributed by atoms with Crippen molar-refractivity contribution < 1.29 is 0 Å². The molecule has 1 saturated heterocycles. The van der Waals surface area contributed by atoms with Gasteiger partial charge in [0.2, 0.25) is 0 Å². The highest BCUT2D eigenvalue weighted by atomic mass is 79.9. The van der Waals surface area contributed by atoms with Crippen molar-refractivity contribution in [1.82, 2.24) is 4.90 Å². The fourth-order valence-electron chi connectivity index (χ4n) is 3.97. The summed E-state index contributed by atoms with van der Waals surface area (Å²) in [4.78, 5) is 7.64. The minimum atomic E-state index is 0.0922. The van der Waals surface area contributed by atoms with E-state index in [9.17, 15) is 0 Å². The second kappa shape index (κ2) is 6.19. The number of hydrogen-bond acceptors (Lipinski definition) is 2. The summed E-state index contributed by atoms with van der Waals surface area (Å²) in [5, 5.41) is 0. The molecule has 5 rings (SSSR count). The van der Waals surface area contributed by atoms with Gasteiger partial charge in [0.05, 0.1) is 17.8 Å². The predicted molar refractivity (Wildman–Crippen MR) is 109 cm³/mol. The summed E-state index contributed by atoms with van der Waals surface area (Å²) in [6.07, 6.45) is 0.0922. The molecule has 0 bridgehead atoms. The molecular formula is C23H19BrN2. The third-order valence-corrected chi connectivity index (χ3v) is 5.86. The van der Waals surface area contributed by atoms with E-state index in [0.29, 0.717) is 12.1 Å². The van der Waals surface area contributed by atoms with E-state index < -0.39 is 0 Å².